The fraction of sp³-hybridized carbons (Fsp3) is 0.833. The van der Waals surface area contributed by atoms with E-state index in [1.54, 1.807) is 11.8 Å². The largest absolute Gasteiger partial charge is 0.382 e. The van der Waals surface area contributed by atoms with E-state index in [2.05, 4.69) is 15.5 Å². The molecule has 0 spiro atoms. The Morgan fingerprint density at radius 1 is 1.67 bits per heavy atom. The third kappa shape index (κ3) is 1.70. The molecular weight excluding hydrogens is 176 g/mol. The van der Waals surface area contributed by atoms with Gasteiger partial charge in [0.05, 0.1) is 12.1 Å². The van der Waals surface area contributed by atoms with E-state index in [1.165, 1.54) is 0 Å². The zero-order valence-corrected chi connectivity index (χ0v) is 8.18. The number of hydrogen-bond acceptors (Lipinski definition) is 4. The summed E-state index contributed by atoms with van der Waals surface area (Å²) in [5.74, 6) is 0. The predicted molar refractivity (Wildman–Crippen MR) is 46.4 cm³/mol. The Balaban J connectivity index is 2.96. The highest BCUT2D eigenvalue weighted by Crippen LogP contribution is 2.12. The van der Waals surface area contributed by atoms with Gasteiger partial charge in [-0.3, -0.25) is 0 Å². The van der Waals surface area contributed by atoms with Gasteiger partial charge in [0.15, 0.2) is 0 Å². The van der Waals surface area contributed by atoms with Crippen LogP contribution in [0.5, 0.6) is 0 Å². The maximum absolute atomic E-state index is 5.04. The summed E-state index contributed by atoms with van der Waals surface area (Å²) < 4.78 is 7.18. The summed E-state index contributed by atoms with van der Waals surface area (Å²) >= 11 is 4.95. The van der Waals surface area contributed by atoms with E-state index in [-0.39, 0.29) is 5.54 Å². The number of aromatic amines is 1. The van der Waals surface area contributed by atoms with Crippen molar-refractivity contribution in [2.45, 2.75) is 19.4 Å². The van der Waals surface area contributed by atoms with Gasteiger partial charge in [0.2, 0.25) is 4.77 Å². The van der Waals surface area contributed by atoms with Gasteiger partial charge in [0, 0.05) is 7.11 Å². The van der Waals surface area contributed by atoms with Crippen LogP contribution in [0.4, 0.5) is 0 Å². The van der Waals surface area contributed by atoms with Crippen LogP contribution in [0.25, 0.3) is 0 Å². The SMILES string of the molecule is COCC(C)(C)n1[nH]nnc1=S. The monoisotopic (exact) mass is 188 g/mol. The molecule has 0 saturated carbocycles. The number of tetrazole rings is 1. The Kier molecular flexibility index (Phi) is 2.58. The summed E-state index contributed by atoms with van der Waals surface area (Å²) in [5.41, 5.74) is -0.227. The van der Waals surface area contributed by atoms with Crippen molar-refractivity contribution in [3.05, 3.63) is 4.77 Å². The molecule has 5 nitrogen and oxygen atoms in total. The predicted octanol–water partition coefficient (Wildman–Crippen LogP) is 0.717. The number of nitrogens with one attached hydrogen (secondary N) is 1. The van der Waals surface area contributed by atoms with Crippen molar-refractivity contribution in [1.29, 1.82) is 0 Å². The first-order valence-corrected chi connectivity index (χ1v) is 3.98. The molecule has 0 aliphatic heterocycles. The Morgan fingerprint density at radius 2 is 2.33 bits per heavy atom. The number of rotatable bonds is 3. The van der Waals surface area contributed by atoms with Gasteiger partial charge in [-0.1, -0.05) is 10.3 Å². The van der Waals surface area contributed by atoms with Gasteiger partial charge >= 0.3 is 0 Å². The van der Waals surface area contributed by atoms with Crippen LogP contribution >= 0.6 is 12.2 Å². The molecule has 0 amide bonds. The molecule has 1 N–H and O–H groups in total. The van der Waals surface area contributed by atoms with Crippen molar-refractivity contribution in [1.82, 2.24) is 20.2 Å². The molecule has 6 heteroatoms. The second-order valence-electron chi connectivity index (χ2n) is 3.16. The Labute approximate surface area is 75.7 Å². The van der Waals surface area contributed by atoms with Crippen LogP contribution in [0.2, 0.25) is 0 Å². The summed E-state index contributed by atoms with van der Waals surface area (Å²) in [6.07, 6.45) is 0. The van der Waals surface area contributed by atoms with Crippen molar-refractivity contribution in [2.75, 3.05) is 13.7 Å². The fourth-order valence-corrected chi connectivity index (χ4v) is 1.34. The molecule has 0 aliphatic carbocycles. The lowest BCUT2D eigenvalue weighted by atomic mass is 10.1. The Bertz CT molecular complexity index is 302. The quantitative estimate of drug-likeness (QED) is 0.710. The number of H-pyrrole nitrogens is 1. The average Bonchev–Trinajstić information content (AvgIpc) is 2.35. The number of methoxy groups -OCH3 is 1. The van der Waals surface area contributed by atoms with Crippen molar-refractivity contribution in [3.8, 4) is 0 Å². The summed E-state index contributed by atoms with van der Waals surface area (Å²) in [4.78, 5) is 0. The van der Waals surface area contributed by atoms with Crippen molar-refractivity contribution in [3.63, 3.8) is 0 Å². The Morgan fingerprint density at radius 3 is 2.75 bits per heavy atom. The molecule has 1 aromatic rings. The Hall–Kier alpha value is -0.750. The maximum Gasteiger partial charge on any atom is 0.238 e. The molecule has 1 rings (SSSR count). The lowest BCUT2D eigenvalue weighted by Gasteiger charge is -2.23. The molecule has 1 heterocycles. The molecule has 0 bridgehead atoms. The number of nitrogens with zero attached hydrogens (tertiary/aromatic N) is 3. The molecule has 0 saturated heterocycles. The summed E-state index contributed by atoms with van der Waals surface area (Å²) in [6.45, 7) is 4.55. The number of hydrogen-bond donors (Lipinski definition) is 1. The summed E-state index contributed by atoms with van der Waals surface area (Å²) in [7, 11) is 1.65. The van der Waals surface area contributed by atoms with Gasteiger partial charge < -0.3 is 4.74 Å². The minimum atomic E-state index is -0.227. The van der Waals surface area contributed by atoms with Gasteiger partial charge in [-0.05, 0) is 26.1 Å². The van der Waals surface area contributed by atoms with E-state index < -0.39 is 0 Å². The van der Waals surface area contributed by atoms with Crippen LogP contribution in [0.15, 0.2) is 0 Å². The van der Waals surface area contributed by atoms with Gasteiger partial charge in [-0.2, -0.15) is 5.21 Å². The molecule has 1 aromatic heterocycles. The van der Waals surface area contributed by atoms with E-state index in [1.807, 2.05) is 13.8 Å². The van der Waals surface area contributed by atoms with Crippen molar-refractivity contribution >= 4 is 12.2 Å². The van der Waals surface area contributed by atoms with Gasteiger partial charge in [0.1, 0.15) is 0 Å². The topological polar surface area (TPSA) is 55.7 Å². The fourth-order valence-electron chi connectivity index (χ4n) is 1.01. The first-order chi connectivity index (χ1) is 5.58. The molecule has 12 heavy (non-hydrogen) atoms. The number of aromatic nitrogens is 4. The second kappa shape index (κ2) is 3.32. The molecular formula is C6H12N4OS. The number of ether oxygens (including phenoxy) is 1. The first kappa shape index (κ1) is 9.34. The van der Waals surface area contributed by atoms with Crippen LogP contribution in [0, 0.1) is 4.77 Å². The molecule has 0 aromatic carbocycles. The van der Waals surface area contributed by atoms with E-state index >= 15 is 0 Å². The van der Waals surface area contributed by atoms with Gasteiger partial charge in [0.25, 0.3) is 0 Å². The third-order valence-corrected chi connectivity index (χ3v) is 1.84. The summed E-state index contributed by atoms with van der Waals surface area (Å²) in [5, 5.41) is 9.98. The van der Waals surface area contributed by atoms with Gasteiger partial charge in [-0.25, -0.2) is 4.68 Å². The zero-order valence-electron chi connectivity index (χ0n) is 7.37. The zero-order chi connectivity index (χ0) is 9.19. The highest BCUT2D eigenvalue weighted by molar-refractivity contribution is 7.71. The molecule has 0 radical (unpaired) electrons. The first-order valence-electron chi connectivity index (χ1n) is 3.57. The van der Waals surface area contributed by atoms with Crippen LogP contribution in [0.1, 0.15) is 13.8 Å². The molecule has 0 fully saturated rings. The van der Waals surface area contributed by atoms with Crippen LogP contribution in [-0.2, 0) is 10.3 Å². The van der Waals surface area contributed by atoms with Crippen LogP contribution < -0.4 is 0 Å². The van der Waals surface area contributed by atoms with Crippen LogP contribution in [-0.4, -0.2) is 33.9 Å². The minimum absolute atomic E-state index is 0.227. The highest BCUT2D eigenvalue weighted by atomic mass is 32.1. The normalized spacial score (nSPS) is 11.9. The highest BCUT2D eigenvalue weighted by Gasteiger charge is 2.21. The standard InChI is InChI=1S/C6H12N4OS/c1-6(2,4-11-3)10-5(12)7-8-9-10/h4H2,1-3H3,(H,7,9,12). The maximum atomic E-state index is 5.04. The van der Waals surface area contributed by atoms with E-state index in [4.69, 9.17) is 17.0 Å². The van der Waals surface area contributed by atoms with E-state index in [0.29, 0.717) is 11.4 Å². The molecule has 0 atom stereocenters. The van der Waals surface area contributed by atoms with Crippen molar-refractivity contribution in [2.24, 2.45) is 0 Å². The molecule has 0 unspecified atom stereocenters. The second-order valence-corrected chi connectivity index (χ2v) is 3.53. The van der Waals surface area contributed by atoms with Crippen LogP contribution in [0.3, 0.4) is 0 Å². The van der Waals surface area contributed by atoms with E-state index in [0.717, 1.165) is 0 Å². The molecule has 68 valence electrons. The smallest absolute Gasteiger partial charge is 0.238 e. The third-order valence-electron chi connectivity index (χ3n) is 1.57. The molecule has 0 aliphatic rings. The van der Waals surface area contributed by atoms with Gasteiger partial charge in [-0.15, -0.1) is 0 Å². The van der Waals surface area contributed by atoms with Crippen molar-refractivity contribution < 1.29 is 4.74 Å². The average molecular weight is 188 g/mol. The summed E-state index contributed by atoms with van der Waals surface area (Å²) in [6, 6.07) is 0. The lowest BCUT2D eigenvalue weighted by molar-refractivity contribution is 0.0990. The van der Waals surface area contributed by atoms with E-state index in [9.17, 15) is 0 Å². The lowest BCUT2D eigenvalue weighted by Crippen LogP contribution is -2.32. The minimum Gasteiger partial charge on any atom is -0.382 e.